The lowest BCUT2D eigenvalue weighted by Gasteiger charge is -2.21. The smallest absolute Gasteiger partial charge is 0.203 e. The summed E-state index contributed by atoms with van der Waals surface area (Å²) < 4.78 is 60.0. The molecule has 1 saturated heterocycles. The van der Waals surface area contributed by atoms with E-state index in [0.29, 0.717) is 41.6 Å². The minimum absolute atomic E-state index is 0.0768. The molecule has 200 valence electrons. The van der Waals surface area contributed by atoms with Gasteiger partial charge in [-0.2, -0.15) is 0 Å². The molecule has 3 rings (SSSR count). The van der Waals surface area contributed by atoms with E-state index < -0.39 is 9.84 Å². The van der Waals surface area contributed by atoms with Gasteiger partial charge in [-0.15, -0.1) is 0 Å². The minimum atomic E-state index is -3.61. The van der Waals surface area contributed by atoms with E-state index in [2.05, 4.69) is 0 Å². The second kappa shape index (κ2) is 12.0. The zero-order valence-corrected chi connectivity index (χ0v) is 22.6. The quantitative estimate of drug-likeness (QED) is 0.436. The first-order valence-electron chi connectivity index (χ1n) is 12.0. The van der Waals surface area contributed by atoms with Gasteiger partial charge in [0.15, 0.2) is 32.8 Å². The van der Waals surface area contributed by atoms with E-state index in [1.807, 2.05) is 26.0 Å². The number of ether oxygens (including phenoxy) is 6. The van der Waals surface area contributed by atoms with Crippen molar-refractivity contribution < 1.29 is 36.8 Å². The fraction of sp³-hybridized carbons (Fsp3) is 0.538. The predicted octanol–water partition coefficient (Wildman–Crippen LogP) is 4.22. The average molecular weight is 524 g/mol. The second-order valence-electron chi connectivity index (χ2n) is 8.90. The van der Waals surface area contributed by atoms with Crippen LogP contribution in [-0.2, 0) is 14.6 Å². The second-order valence-corrected chi connectivity index (χ2v) is 10.9. The Morgan fingerprint density at radius 3 is 1.94 bits per heavy atom. The average Bonchev–Trinajstić information content (AvgIpc) is 3.34. The normalized spacial score (nSPS) is 18.5. The maximum atomic E-state index is 12.7. The van der Waals surface area contributed by atoms with Crippen LogP contribution in [-0.4, -0.2) is 55.3 Å². The van der Waals surface area contributed by atoms with E-state index in [1.54, 1.807) is 33.5 Å². The van der Waals surface area contributed by atoms with Crippen molar-refractivity contribution in [3.8, 4) is 28.7 Å². The molecule has 2 aromatic carbocycles. The number of methoxy groups -OCH3 is 3. The summed E-state index contributed by atoms with van der Waals surface area (Å²) in [5.41, 5.74) is 7.47. The molecule has 1 aliphatic rings. The van der Waals surface area contributed by atoms with E-state index in [4.69, 9.17) is 34.2 Å². The largest absolute Gasteiger partial charge is 0.493 e. The van der Waals surface area contributed by atoms with E-state index in [1.165, 1.54) is 0 Å². The maximum Gasteiger partial charge on any atom is 0.203 e. The van der Waals surface area contributed by atoms with Gasteiger partial charge in [-0.1, -0.05) is 6.92 Å². The summed E-state index contributed by atoms with van der Waals surface area (Å²) in [6.45, 7) is 4.34. The van der Waals surface area contributed by atoms with Crippen molar-refractivity contribution in [2.75, 3.05) is 40.8 Å². The van der Waals surface area contributed by atoms with Gasteiger partial charge >= 0.3 is 0 Å². The maximum absolute atomic E-state index is 12.7. The van der Waals surface area contributed by atoms with E-state index in [9.17, 15) is 8.42 Å². The molecular formula is C26H37NO8S. The van der Waals surface area contributed by atoms with Gasteiger partial charge in [0.25, 0.3) is 0 Å². The summed E-state index contributed by atoms with van der Waals surface area (Å²) in [5, 5.41) is 0. The summed E-state index contributed by atoms with van der Waals surface area (Å²) in [6.07, 6.45) is 2.71. The number of hydrogen-bond acceptors (Lipinski definition) is 9. The lowest BCUT2D eigenvalue weighted by molar-refractivity contribution is 0.0434. The van der Waals surface area contributed by atoms with Crippen LogP contribution in [0.25, 0.3) is 0 Å². The Labute approximate surface area is 213 Å². The number of nitrogens with two attached hydrogens (primary N) is 1. The summed E-state index contributed by atoms with van der Waals surface area (Å²) >= 11 is 0. The predicted molar refractivity (Wildman–Crippen MR) is 136 cm³/mol. The Kier molecular flexibility index (Phi) is 9.32. The highest BCUT2D eigenvalue weighted by Crippen LogP contribution is 2.48. The van der Waals surface area contributed by atoms with Crippen molar-refractivity contribution in [1.29, 1.82) is 0 Å². The molecule has 1 aliphatic heterocycles. The number of hydrogen-bond donors (Lipinski definition) is 1. The minimum Gasteiger partial charge on any atom is -0.493 e. The number of sulfone groups is 1. The molecule has 0 bridgehead atoms. The van der Waals surface area contributed by atoms with Gasteiger partial charge in [-0.05, 0) is 61.6 Å². The van der Waals surface area contributed by atoms with E-state index in [-0.39, 0.29) is 35.5 Å². The Morgan fingerprint density at radius 2 is 1.47 bits per heavy atom. The summed E-state index contributed by atoms with van der Waals surface area (Å²) in [5.74, 6) is 2.15. The van der Waals surface area contributed by atoms with Crippen LogP contribution >= 0.6 is 0 Å². The molecule has 9 nitrogen and oxygen atoms in total. The molecule has 2 N–H and O–H groups in total. The zero-order chi connectivity index (χ0) is 26.5. The van der Waals surface area contributed by atoms with Gasteiger partial charge in [-0.3, -0.25) is 0 Å². The van der Waals surface area contributed by atoms with Gasteiger partial charge in [0, 0.05) is 12.3 Å². The molecule has 3 atom stereocenters. The Balaban J connectivity index is 1.98. The third-order valence-electron chi connectivity index (χ3n) is 5.85. The van der Waals surface area contributed by atoms with Gasteiger partial charge in [0.2, 0.25) is 5.75 Å². The molecule has 2 aromatic rings. The Bertz CT molecular complexity index is 1120. The highest BCUT2D eigenvalue weighted by atomic mass is 32.2. The van der Waals surface area contributed by atoms with Crippen LogP contribution in [0.5, 0.6) is 28.7 Å². The van der Waals surface area contributed by atoms with Crippen LogP contribution in [0.15, 0.2) is 29.2 Å². The monoisotopic (exact) mass is 523 g/mol. The summed E-state index contributed by atoms with van der Waals surface area (Å²) in [4.78, 5) is 0.0768. The van der Waals surface area contributed by atoms with Crippen LogP contribution in [0.1, 0.15) is 56.4 Å². The first kappa shape index (κ1) is 27.9. The molecule has 10 heteroatoms. The topological polar surface area (TPSA) is 116 Å². The van der Waals surface area contributed by atoms with Gasteiger partial charge < -0.3 is 34.2 Å². The molecule has 0 aliphatic carbocycles. The molecule has 1 fully saturated rings. The van der Waals surface area contributed by atoms with Crippen LogP contribution in [0.2, 0.25) is 0 Å². The van der Waals surface area contributed by atoms with Crippen LogP contribution in [0.4, 0.5) is 0 Å². The van der Waals surface area contributed by atoms with Gasteiger partial charge in [-0.25, -0.2) is 8.42 Å². The summed E-state index contributed by atoms with van der Waals surface area (Å²) in [6, 6.07) is 6.93. The highest BCUT2D eigenvalue weighted by Gasteiger charge is 2.32. The SMILES string of the molecule is CCCOc1c(OCC(C)N)cc([C@@H]2CC[C@@H](c3cc(OC)c(OC)c(OC)c3)O2)cc1S(C)(=O)=O. The lowest BCUT2D eigenvalue weighted by atomic mass is 10.0. The summed E-state index contributed by atoms with van der Waals surface area (Å²) in [7, 11) is 1.08. The van der Waals surface area contributed by atoms with Gasteiger partial charge in [0.05, 0.1) is 40.1 Å². The first-order valence-corrected chi connectivity index (χ1v) is 13.9. The fourth-order valence-corrected chi connectivity index (χ4v) is 4.99. The van der Waals surface area contributed by atoms with Crippen molar-refractivity contribution in [2.24, 2.45) is 5.73 Å². The zero-order valence-electron chi connectivity index (χ0n) is 21.8. The van der Waals surface area contributed by atoms with Crippen LogP contribution in [0.3, 0.4) is 0 Å². The third-order valence-corrected chi connectivity index (χ3v) is 6.95. The number of benzene rings is 2. The van der Waals surface area contributed by atoms with Crippen molar-refractivity contribution in [1.82, 2.24) is 0 Å². The molecule has 0 spiro atoms. The molecule has 0 saturated carbocycles. The van der Waals surface area contributed by atoms with E-state index >= 15 is 0 Å². The first-order chi connectivity index (χ1) is 17.1. The van der Waals surface area contributed by atoms with Crippen molar-refractivity contribution >= 4 is 9.84 Å². The van der Waals surface area contributed by atoms with Crippen molar-refractivity contribution in [2.45, 2.75) is 56.3 Å². The molecule has 0 aromatic heterocycles. The molecule has 36 heavy (non-hydrogen) atoms. The Morgan fingerprint density at radius 1 is 0.917 bits per heavy atom. The van der Waals surface area contributed by atoms with Crippen molar-refractivity contribution in [3.63, 3.8) is 0 Å². The fourth-order valence-electron chi connectivity index (χ4n) is 4.15. The van der Waals surface area contributed by atoms with E-state index in [0.717, 1.165) is 24.7 Å². The highest BCUT2D eigenvalue weighted by molar-refractivity contribution is 7.90. The molecule has 1 unspecified atom stereocenters. The molecule has 0 radical (unpaired) electrons. The molecule has 1 heterocycles. The third kappa shape index (κ3) is 6.35. The Hall–Kier alpha value is -2.69. The van der Waals surface area contributed by atoms with Crippen LogP contribution in [0, 0.1) is 0 Å². The standard InChI is InChI=1S/C26H37NO8S/c1-7-10-33-26-23(34-15-16(2)27)13-18(14-24(26)36(6,28)29)20-9-8-19(35-20)17-11-21(30-3)25(32-5)22(12-17)31-4/h11-14,16,19-20H,7-10,15,27H2,1-6H3/t16?,19-,20-/m0/s1. The van der Waals surface area contributed by atoms with Crippen LogP contribution < -0.4 is 29.4 Å². The van der Waals surface area contributed by atoms with Crippen molar-refractivity contribution in [3.05, 3.63) is 35.4 Å². The molecule has 0 amide bonds. The van der Waals surface area contributed by atoms with Gasteiger partial charge in [0.1, 0.15) is 11.5 Å². The molecular weight excluding hydrogens is 486 g/mol. The lowest BCUT2D eigenvalue weighted by Crippen LogP contribution is -2.24. The number of rotatable bonds is 12.